The Morgan fingerprint density at radius 2 is 2.29 bits per heavy atom. The first-order valence-corrected chi connectivity index (χ1v) is 5.47. The molecule has 0 spiro atoms. The Labute approximate surface area is 86.7 Å². The second-order valence-electron chi connectivity index (χ2n) is 4.03. The second kappa shape index (κ2) is 5.86. The normalized spacial score (nSPS) is 15.4. The van der Waals surface area contributed by atoms with Gasteiger partial charge in [0.1, 0.15) is 0 Å². The largest absolute Gasteiger partial charge is 0.472 e. The summed E-state index contributed by atoms with van der Waals surface area (Å²) in [5.74, 6) is 0.771. The summed E-state index contributed by atoms with van der Waals surface area (Å²) in [5, 5.41) is 3.33. The zero-order chi connectivity index (χ0) is 10.4. The third-order valence-electron chi connectivity index (χ3n) is 2.71. The van der Waals surface area contributed by atoms with Crippen molar-refractivity contribution in [1.29, 1.82) is 0 Å². The van der Waals surface area contributed by atoms with Gasteiger partial charge in [0, 0.05) is 11.6 Å². The Kier molecular flexibility index (Phi) is 4.74. The summed E-state index contributed by atoms with van der Waals surface area (Å²) in [6.45, 7) is 4.55. The van der Waals surface area contributed by atoms with Crippen molar-refractivity contribution in [3.05, 3.63) is 24.2 Å². The molecule has 0 aliphatic heterocycles. The Balaban J connectivity index is 2.47. The van der Waals surface area contributed by atoms with E-state index in [0.29, 0.717) is 6.04 Å². The minimum atomic E-state index is 0.440. The quantitative estimate of drug-likeness (QED) is 0.753. The minimum absolute atomic E-state index is 0.440. The van der Waals surface area contributed by atoms with E-state index >= 15 is 0 Å². The fraction of sp³-hybridized carbons (Fsp3) is 0.667. The van der Waals surface area contributed by atoms with Gasteiger partial charge < -0.3 is 9.73 Å². The van der Waals surface area contributed by atoms with Crippen LogP contribution in [0.4, 0.5) is 0 Å². The molecular formula is C12H21NO. The summed E-state index contributed by atoms with van der Waals surface area (Å²) in [7, 11) is 2.01. The number of nitrogens with one attached hydrogen (secondary N) is 1. The van der Waals surface area contributed by atoms with Gasteiger partial charge in [-0.15, -0.1) is 0 Å². The molecule has 1 aromatic heterocycles. The minimum Gasteiger partial charge on any atom is -0.472 e. The molecule has 2 heteroatoms. The van der Waals surface area contributed by atoms with Crippen molar-refractivity contribution in [3.8, 4) is 0 Å². The average Bonchev–Trinajstić information content (AvgIpc) is 2.67. The van der Waals surface area contributed by atoms with Gasteiger partial charge in [-0.2, -0.15) is 0 Å². The topological polar surface area (TPSA) is 25.2 Å². The molecule has 14 heavy (non-hydrogen) atoms. The lowest BCUT2D eigenvalue weighted by molar-refractivity contribution is 0.404. The highest BCUT2D eigenvalue weighted by molar-refractivity contribution is 5.11. The highest BCUT2D eigenvalue weighted by Crippen LogP contribution is 2.23. The molecule has 0 saturated heterocycles. The first-order valence-electron chi connectivity index (χ1n) is 5.47. The smallest absolute Gasteiger partial charge is 0.0950 e. The van der Waals surface area contributed by atoms with Crippen LogP contribution in [0.25, 0.3) is 0 Å². The van der Waals surface area contributed by atoms with Gasteiger partial charge in [-0.25, -0.2) is 0 Å². The maximum Gasteiger partial charge on any atom is 0.0950 e. The van der Waals surface area contributed by atoms with E-state index in [0.717, 1.165) is 5.92 Å². The van der Waals surface area contributed by atoms with Gasteiger partial charge in [-0.05, 0) is 25.5 Å². The Bertz CT molecular complexity index is 230. The Morgan fingerprint density at radius 3 is 2.79 bits per heavy atom. The molecule has 1 rings (SSSR count). The van der Waals surface area contributed by atoms with Crippen LogP contribution in [-0.4, -0.2) is 7.05 Å². The van der Waals surface area contributed by atoms with E-state index in [1.54, 1.807) is 6.26 Å². The van der Waals surface area contributed by atoms with Crippen molar-refractivity contribution in [3.63, 3.8) is 0 Å². The number of hydrogen-bond acceptors (Lipinski definition) is 2. The lowest BCUT2D eigenvalue weighted by Crippen LogP contribution is -2.18. The van der Waals surface area contributed by atoms with Gasteiger partial charge in [0.2, 0.25) is 0 Å². The van der Waals surface area contributed by atoms with Gasteiger partial charge in [-0.3, -0.25) is 0 Å². The van der Waals surface area contributed by atoms with E-state index in [4.69, 9.17) is 4.42 Å². The molecule has 0 aliphatic rings. The summed E-state index contributed by atoms with van der Waals surface area (Å²) in [4.78, 5) is 0. The van der Waals surface area contributed by atoms with Crippen molar-refractivity contribution >= 4 is 0 Å². The number of furan rings is 1. The van der Waals surface area contributed by atoms with Crippen molar-refractivity contribution in [2.45, 2.75) is 39.2 Å². The van der Waals surface area contributed by atoms with Crippen LogP contribution < -0.4 is 5.32 Å². The summed E-state index contributed by atoms with van der Waals surface area (Å²) < 4.78 is 5.10. The molecule has 0 fully saturated rings. The SMILES string of the molecule is CCCC(C)CC(NC)c1ccoc1. The molecule has 1 heterocycles. The van der Waals surface area contributed by atoms with Gasteiger partial charge in [-0.1, -0.05) is 26.7 Å². The molecule has 0 aromatic carbocycles. The lowest BCUT2D eigenvalue weighted by atomic mass is 9.94. The van der Waals surface area contributed by atoms with Crippen LogP contribution in [-0.2, 0) is 0 Å². The van der Waals surface area contributed by atoms with Crippen LogP contribution in [0.2, 0.25) is 0 Å². The standard InChI is InChI=1S/C12H21NO/c1-4-5-10(2)8-12(13-3)11-6-7-14-9-11/h6-7,9-10,12-13H,4-5,8H2,1-3H3. The molecule has 0 amide bonds. The van der Waals surface area contributed by atoms with Gasteiger partial charge in [0.25, 0.3) is 0 Å². The lowest BCUT2D eigenvalue weighted by Gasteiger charge is -2.18. The van der Waals surface area contributed by atoms with E-state index in [-0.39, 0.29) is 0 Å². The van der Waals surface area contributed by atoms with E-state index in [9.17, 15) is 0 Å². The molecular weight excluding hydrogens is 174 g/mol. The predicted octanol–water partition coefficient (Wildman–Crippen LogP) is 3.37. The molecule has 2 nitrogen and oxygen atoms in total. The average molecular weight is 195 g/mol. The summed E-state index contributed by atoms with van der Waals surface area (Å²) >= 11 is 0. The monoisotopic (exact) mass is 195 g/mol. The number of rotatable bonds is 6. The molecule has 1 aromatic rings. The maximum absolute atomic E-state index is 5.10. The van der Waals surface area contributed by atoms with Crippen LogP contribution in [0, 0.1) is 5.92 Å². The van der Waals surface area contributed by atoms with Crippen LogP contribution in [0.3, 0.4) is 0 Å². The summed E-state index contributed by atoms with van der Waals surface area (Å²) in [6, 6.07) is 2.48. The zero-order valence-corrected chi connectivity index (χ0v) is 9.42. The second-order valence-corrected chi connectivity index (χ2v) is 4.03. The van der Waals surface area contributed by atoms with Crippen LogP contribution in [0.1, 0.15) is 44.7 Å². The molecule has 1 N–H and O–H groups in total. The Hall–Kier alpha value is -0.760. The third-order valence-corrected chi connectivity index (χ3v) is 2.71. The van der Waals surface area contributed by atoms with Crippen molar-refractivity contribution in [2.75, 3.05) is 7.05 Å². The molecule has 0 radical (unpaired) electrons. The van der Waals surface area contributed by atoms with E-state index < -0.39 is 0 Å². The first-order chi connectivity index (χ1) is 6.77. The van der Waals surface area contributed by atoms with E-state index in [1.165, 1.54) is 24.8 Å². The van der Waals surface area contributed by atoms with Gasteiger partial charge in [0.15, 0.2) is 0 Å². The van der Waals surface area contributed by atoms with Crippen molar-refractivity contribution < 1.29 is 4.42 Å². The zero-order valence-electron chi connectivity index (χ0n) is 9.42. The van der Waals surface area contributed by atoms with Crippen LogP contribution >= 0.6 is 0 Å². The molecule has 0 aliphatic carbocycles. The van der Waals surface area contributed by atoms with E-state index in [1.807, 2.05) is 19.4 Å². The fourth-order valence-electron chi connectivity index (χ4n) is 1.91. The molecule has 2 atom stereocenters. The summed E-state index contributed by atoms with van der Waals surface area (Å²) in [6.07, 6.45) is 7.33. The number of hydrogen-bond donors (Lipinski definition) is 1. The van der Waals surface area contributed by atoms with Crippen molar-refractivity contribution in [1.82, 2.24) is 5.32 Å². The first kappa shape index (κ1) is 11.3. The van der Waals surface area contributed by atoms with E-state index in [2.05, 4.69) is 19.2 Å². The van der Waals surface area contributed by atoms with Crippen LogP contribution in [0.15, 0.2) is 23.0 Å². The van der Waals surface area contributed by atoms with Crippen molar-refractivity contribution in [2.24, 2.45) is 5.92 Å². The van der Waals surface area contributed by atoms with Gasteiger partial charge >= 0.3 is 0 Å². The van der Waals surface area contributed by atoms with Gasteiger partial charge in [0.05, 0.1) is 12.5 Å². The van der Waals surface area contributed by atoms with Crippen LogP contribution in [0.5, 0.6) is 0 Å². The summed E-state index contributed by atoms with van der Waals surface area (Å²) in [5.41, 5.74) is 1.26. The maximum atomic E-state index is 5.10. The predicted molar refractivity (Wildman–Crippen MR) is 59.2 cm³/mol. The Morgan fingerprint density at radius 1 is 1.50 bits per heavy atom. The molecule has 80 valence electrons. The molecule has 2 unspecified atom stereocenters. The highest BCUT2D eigenvalue weighted by atomic mass is 16.3. The fourth-order valence-corrected chi connectivity index (χ4v) is 1.91. The third kappa shape index (κ3) is 3.18. The molecule has 0 saturated carbocycles. The highest BCUT2D eigenvalue weighted by Gasteiger charge is 2.13. The molecule has 0 bridgehead atoms.